The Labute approximate surface area is 115 Å². The topological polar surface area (TPSA) is 24.1 Å². The van der Waals surface area contributed by atoms with Crippen LogP contribution in [0, 0.1) is 5.82 Å². The van der Waals surface area contributed by atoms with Crippen LogP contribution in [0.1, 0.15) is 0 Å². The minimum Gasteiger partial charge on any atom is -0.332 e. The summed E-state index contributed by atoms with van der Waals surface area (Å²) in [6, 6.07) is 13.4. The van der Waals surface area contributed by atoms with Gasteiger partial charge in [0.15, 0.2) is 5.11 Å². The van der Waals surface area contributed by atoms with Gasteiger partial charge in [-0.25, -0.2) is 4.39 Å². The van der Waals surface area contributed by atoms with Crippen molar-refractivity contribution in [2.75, 3.05) is 10.6 Å². The molecule has 0 fully saturated rings. The van der Waals surface area contributed by atoms with Crippen LogP contribution in [0.5, 0.6) is 0 Å². The van der Waals surface area contributed by atoms with Gasteiger partial charge in [0.05, 0.1) is 5.69 Å². The first-order valence-electron chi connectivity index (χ1n) is 5.23. The summed E-state index contributed by atoms with van der Waals surface area (Å²) in [5, 5.41) is 6.69. The highest BCUT2D eigenvalue weighted by Crippen LogP contribution is 2.15. The molecule has 0 aliphatic heterocycles. The first-order valence-corrected chi connectivity index (χ1v) is 6.02. The fourth-order valence-electron chi connectivity index (χ4n) is 1.38. The monoisotopic (exact) mass is 280 g/mol. The lowest BCUT2D eigenvalue weighted by Crippen LogP contribution is -2.19. The van der Waals surface area contributed by atoms with Crippen molar-refractivity contribution in [3.8, 4) is 0 Å². The van der Waals surface area contributed by atoms with Crippen molar-refractivity contribution < 1.29 is 4.39 Å². The highest BCUT2D eigenvalue weighted by molar-refractivity contribution is 7.80. The fourth-order valence-corrected chi connectivity index (χ4v) is 1.73. The zero-order valence-corrected chi connectivity index (χ0v) is 10.9. The molecule has 0 bridgehead atoms. The highest BCUT2D eigenvalue weighted by Gasteiger charge is 2.03. The quantitative estimate of drug-likeness (QED) is 0.803. The molecule has 0 atom stereocenters. The molecule has 2 aromatic rings. The number of anilines is 2. The van der Waals surface area contributed by atoms with E-state index < -0.39 is 0 Å². The first kappa shape index (κ1) is 12.8. The highest BCUT2D eigenvalue weighted by atomic mass is 35.5. The molecule has 0 spiro atoms. The number of benzene rings is 2. The molecular weight excluding hydrogens is 271 g/mol. The predicted molar refractivity (Wildman–Crippen MR) is 77.7 cm³/mol. The van der Waals surface area contributed by atoms with Gasteiger partial charge in [0.25, 0.3) is 0 Å². The van der Waals surface area contributed by atoms with Gasteiger partial charge < -0.3 is 10.6 Å². The molecule has 0 saturated heterocycles. The van der Waals surface area contributed by atoms with Gasteiger partial charge in [-0.3, -0.25) is 0 Å². The third kappa shape index (κ3) is 3.42. The summed E-state index contributed by atoms with van der Waals surface area (Å²) in [7, 11) is 0. The molecule has 18 heavy (non-hydrogen) atoms. The zero-order valence-electron chi connectivity index (χ0n) is 9.28. The van der Waals surface area contributed by atoms with E-state index in [0.717, 1.165) is 5.69 Å². The maximum atomic E-state index is 13.4. The van der Waals surface area contributed by atoms with Gasteiger partial charge in [0.2, 0.25) is 0 Å². The lowest BCUT2D eigenvalue weighted by atomic mass is 10.3. The van der Waals surface area contributed by atoms with Crippen molar-refractivity contribution in [3.05, 3.63) is 59.4 Å². The van der Waals surface area contributed by atoms with Crippen molar-refractivity contribution in [1.82, 2.24) is 0 Å². The molecule has 92 valence electrons. The first-order chi connectivity index (χ1) is 8.65. The largest absolute Gasteiger partial charge is 0.332 e. The van der Waals surface area contributed by atoms with E-state index in [2.05, 4.69) is 10.6 Å². The van der Waals surface area contributed by atoms with Gasteiger partial charge in [-0.2, -0.15) is 0 Å². The summed E-state index contributed by atoms with van der Waals surface area (Å²) in [6.07, 6.45) is 0. The maximum Gasteiger partial charge on any atom is 0.175 e. The average Bonchev–Trinajstić information content (AvgIpc) is 2.35. The van der Waals surface area contributed by atoms with E-state index in [1.165, 1.54) is 6.07 Å². The summed E-state index contributed by atoms with van der Waals surface area (Å²) >= 11 is 10.9. The second-order valence-electron chi connectivity index (χ2n) is 3.57. The molecule has 0 aliphatic rings. The Morgan fingerprint density at radius 1 is 1.00 bits per heavy atom. The summed E-state index contributed by atoms with van der Waals surface area (Å²) in [4.78, 5) is 0. The number of thiocarbonyl (C=S) groups is 1. The van der Waals surface area contributed by atoms with Gasteiger partial charge in [0.1, 0.15) is 5.82 Å². The molecule has 0 saturated carbocycles. The Morgan fingerprint density at radius 3 is 2.33 bits per heavy atom. The number of hydrogen-bond acceptors (Lipinski definition) is 1. The van der Waals surface area contributed by atoms with E-state index in [1.807, 2.05) is 0 Å². The van der Waals surface area contributed by atoms with Crippen LogP contribution in [-0.4, -0.2) is 5.11 Å². The Bertz CT molecular complexity index is 557. The minimum absolute atomic E-state index is 0.322. The van der Waals surface area contributed by atoms with Crippen molar-refractivity contribution in [1.29, 1.82) is 0 Å². The van der Waals surface area contributed by atoms with E-state index in [9.17, 15) is 4.39 Å². The summed E-state index contributed by atoms with van der Waals surface area (Å²) in [5.41, 5.74) is 1.12. The van der Waals surface area contributed by atoms with E-state index in [-0.39, 0.29) is 5.82 Å². The van der Waals surface area contributed by atoms with Crippen LogP contribution in [0.3, 0.4) is 0 Å². The van der Waals surface area contributed by atoms with Crippen LogP contribution in [-0.2, 0) is 0 Å². The van der Waals surface area contributed by atoms with Crippen molar-refractivity contribution in [2.45, 2.75) is 0 Å². The summed E-state index contributed by atoms with van der Waals surface area (Å²) in [6.45, 7) is 0. The lowest BCUT2D eigenvalue weighted by Gasteiger charge is -2.11. The Hall–Kier alpha value is -1.65. The average molecular weight is 281 g/mol. The van der Waals surface area contributed by atoms with Crippen molar-refractivity contribution >= 4 is 40.3 Å². The Morgan fingerprint density at radius 2 is 1.67 bits per heavy atom. The van der Waals surface area contributed by atoms with Gasteiger partial charge in [0, 0.05) is 10.7 Å². The molecule has 0 aromatic heterocycles. The van der Waals surface area contributed by atoms with Crippen LogP contribution >= 0.6 is 23.8 Å². The molecule has 2 N–H and O–H groups in total. The number of rotatable bonds is 2. The summed E-state index contributed by atoms with van der Waals surface area (Å²) in [5.74, 6) is -0.349. The second kappa shape index (κ2) is 5.80. The van der Waals surface area contributed by atoms with Crippen LogP contribution in [0.2, 0.25) is 5.02 Å². The van der Waals surface area contributed by atoms with Gasteiger partial charge >= 0.3 is 0 Å². The lowest BCUT2D eigenvalue weighted by molar-refractivity contribution is 0.632. The molecule has 0 amide bonds. The van der Waals surface area contributed by atoms with Gasteiger partial charge in [-0.05, 0) is 48.6 Å². The third-order valence-electron chi connectivity index (χ3n) is 2.22. The molecule has 0 unspecified atom stereocenters. The number of halogens is 2. The SMILES string of the molecule is Fc1ccccc1NC(=S)Nc1ccc(Cl)cc1. The van der Waals surface area contributed by atoms with Gasteiger partial charge in [-0.1, -0.05) is 23.7 Å². The van der Waals surface area contributed by atoms with Crippen LogP contribution < -0.4 is 10.6 Å². The third-order valence-corrected chi connectivity index (χ3v) is 2.68. The normalized spacial score (nSPS) is 9.89. The standard InChI is InChI=1S/C13H10ClFN2S/c14-9-5-7-10(8-6-9)16-13(18)17-12-4-2-1-3-11(12)15/h1-8H,(H2,16,17,18). The molecule has 2 rings (SSSR count). The Kier molecular flexibility index (Phi) is 4.12. The number of nitrogens with one attached hydrogen (secondary N) is 2. The predicted octanol–water partition coefficient (Wildman–Crippen LogP) is 4.29. The molecule has 5 heteroatoms. The smallest absolute Gasteiger partial charge is 0.175 e. The van der Waals surface area contributed by atoms with E-state index >= 15 is 0 Å². The molecule has 2 nitrogen and oxygen atoms in total. The van der Waals surface area contributed by atoms with E-state index in [4.69, 9.17) is 23.8 Å². The van der Waals surface area contributed by atoms with Crippen molar-refractivity contribution in [2.24, 2.45) is 0 Å². The zero-order chi connectivity index (χ0) is 13.0. The molecule has 2 aromatic carbocycles. The van der Waals surface area contributed by atoms with Crippen LogP contribution in [0.15, 0.2) is 48.5 Å². The van der Waals surface area contributed by atoms with Crippen LogP contribution in [0.25, 0.3) is 0 Å². The summed E-state index contributed by atoms with van der Waals surface area (Å²) < 4.78 is 13.4. The number of para-hydroxylation sites is 1. The molecular formula is C13H10ClFN2S. The second-order valence-corrected chi connectivity index (χ2v) is 4.41. The fraction of sp³-hybridized carbons (Fsp3) is 0. The molecule has 0 radical (unpaired) electrons. The maximum absolute atomic E-state index is 13.4. The van der Waals surface area contributed by atoms with E-state index in [0.29, 0.717) is 15.8 Å². The number of hydrogen-bond donors (Lipinski definition) is 2. The van der Waals surface area contributed by atoms with Gasteiger partial charge in [-0.15, -0.1) is 0 Å². The van der Waals surface area contributed by atoms with Crippen LogP contribution in [0.4, 0.5) is 15.8 Å². The Balaban J connectivity index is 2.01. The minimum atomic E-state index is -0.349. The molecule has 0 heterocycles. The molecule has 0 aliphatic carbocycles. The van der Waals surface area contributed by atoms with E-state index in [1.54, 1.807) is 42.5 Å². The van der Waals surface area contributed by atoms with Crippen molar-refractivity contribution in [3.63, 3.8) is 0 Å².